The van der Waals surface area contributed by atoms with Gasteiger partial charge in [0.05, 0.1) is 6.54 Å². The first kappa shape index (κ1) is 22.0. The lowest BCUT2D eigenvalue weighted by Crippen LogP contribution is -2.39. The molecule has 25 heavy (non-hydrogen) atoms. The molecular weight excluding hydrogens is 495 g/mol. The molecular formula is C17H28BrIN6. The zero-order valence-electron chi connectivity index (χ0n) is 15.3. The Hall–Kier alpha value is -1.03. The van der Waals surface area contributed by atoms with Gasteiger partial charge in [0.15, 0.2) is 5.96 Å². The molecule has 0 radical (unpaired) electrons. The van der Waals surface area contributed by atoms with Gasteiger partial charge in [-0.15, -0.1) is 24.0 Å². The predicted molar refractivity (Wildman–Crippen MR) is 117 cm³/mol. The number of hydrogen-bond donors (Lipinski definition) is 1. The van der Waals surface area contributed by atoms with Gasteiger partial charge in [-0.3, -0.25) is 9.67 Å². The van der Waals surface area contributed by atoms with Crippen molar-refractivity contribution < 1.29 is 0 Å². The fourth-order valence-electron chi connectivity index (χ4n) is 2.54. The number of aryl methyl sites for hydroxylation is 1. The van der Waals surface area contributed by atoms with Gasteiger partial charge in [-0.2, -0.15) is 5.10 Å². The van der Waals surface area contributed by atoms with E-state index in [0.29, 0.717) is 5.92 Å². The average Bonchev–Trinajstić information content (AvgIpc) is 3.13. The summed E-state index contributed by atoms with van der Waals surface area (Å²) >= 11 is 3.53. The molecule has 2 rings (SSSR count). The lowest BCUT2D eigenvalue weighted by Gasteiger charge is -2.23. The number of halogens is 2. The fraction of sp³-hybridized carbons (Fsp3) is 0.529. The highest BCUT2D eigenvalue weighted by Crippen LogP contribution is 2.15. The Morgan fingerprint density at radius 2 is 2.24 bits per heavy atom. The van der Waals surface area contributed by atoms with E-state index in [4.69, 9.17) is 4.99 Å². The Morgan fingerprint density at radius 1 is 1.48 bits per heavy atom. The molecule has 0 saturated heterocycles. The summed E-state index contributed by atoms with van der Waals surface area (Å²) in [6.07, 6.45) is 5.87. The Balaban J connectivity index is 0.00000312. The van der Waals surface area contributed by atoms with Gasteiger partial charge in [-0.25, -0.2) is 0 Å². The van der Waals surface area contributed by atoms with E-state index in [0.717, 1.165) is 36.6 Å². The molecule has 2 heterocycles. The normalized spacial score (nSPS) is 12.6. The fourth-order valence-corrected chi connectivity index (χ4v) is 3.11. The third-order valence-corrected chi connectivity index (χ3v) is 4.21. The second-order valence-electron chi connectivity index (χ2n) is 6.14. The van der Waals surface area contributed by atoms with E-state index in [2.05, 4.69) is 76.0 Å². The molecule has 6 nitrogen and oxygen atoms in total. The molecule has 140 valence electrons. The zero-order valence-corrected chi connectivity index (χ0v) is 19.2. The van der Waals surface area contributed by atoms with Crippen molar-refractivity contribution in [3.05, 3.63) is 40.9 Å². The summed E-state index contributed by atoms with van der Waals surface area (Å²) in [5, 5.41) is 7.63. The van der Waals surface area contributed by atoms with Crippen LogP contribution in [0, 0.1) is 5.92 Å². The number of rotatable bonds is 7. The lowest BCUT2D eigenvalue weighted by atomic mass is 10.2. The van der Waals surface area contributed by atoms with Crippen molar-refractivity contribution in [2.45, 2.75) is 26.9 Å². The number of nitrogens with zero attached hydrogens (tertiary/aromatic N) is 5. The molecule has 0 aliphatic carbocycles. The Kier molecular flexibility index (Phi) is 9.55. The molecule has 0 aromatic carbocycles. The SMILES string of the molecule is CCNC(=NCC(C)Cn1cccn1)N(C)Cc1cc(Br)cn1C.I. The minimum atomic E-state index is 0. The van der Waals surface area contributed by atoms with Gasteiger partial charge in [-0.1, -0.05) is 6.92 Å². The third-order valence-electron chi connectivity index (χ3n) is 3.78. The standard InChI is InChI=1S/C17H27BrN6.HI/c1-5-19-17(20-10-14(2)11-24-8-6-7-21-24)23(4)13-16-9-15(18)12-22(16)3;/h6-9,12,14H,5,10-11,13H2,1-4H3,(H,19,20);1H. The number of aliphatic imine (C=N–C) groups is 1. The first-order valence-corrected chi connectivity index (χ1v) is 9.06. The largest absolute Gasteiger partial charge is 0.357 e. The molecule has 0 saturated carbocycles. The second kappa shape index (κ2) is 10.8. The van der Waals surface area contributed by atoms with Crippen molar-refractivity contribution in [1.29, 1.82) is 0 Å². The number of aromatic nitrogens is 3. The molecule has 0 spiro atoms. The summed E-state index contributed by atoms with van der Waals surface area (Å²) in [7, 11) is 4.13. The van der Waals surface area contributed by atoms with Crippen LogP contribution in [0.5, 0.6) is 0 Å². The summed E-state index contributed by atoms with van der Waals surface area (Å²) in [6.45, 7) is 7.60. The maximum Gasteiger partial charge on any atom is 0.194 e. The topological polar surface area (TPSA) is 50.4 Å². The van der Waals surface area contributed by atoms with Crippen LogP contribution in [-0.4, -0.2) is 45.3 Å². The van der Waals surface area contributed by atoms with Crippen molar-refractivity contribution in [1.82, 2.24) is 24.6 Å². The van der Waals surface area contributed by atoms with Gasteiger partial charge >= 0.3 is 0 Å². The molecule has 0 amide bonds. The lowest BCUT2D eigenvalue weighted by molar-refractivity contribution is 0.439. The number of guanidine groups is 1. The van der Waals surface area contributed by atoms with Crippen molar-refractivity contribution in [3.63, 3.8) is 0 Å². The first-order chi connectivity index (χ1) is 11.5. The Morgan fingerprint density at radius 3 is 2.80 bits per heavy atom. The van der Waals surface area contributed by atoms with E-state index >= 15 is 0 Å². The highest BCUT2D eigenvalue weighted by atomic mass is 127. The summed E-state index contributed by atoms with van der Waals surface area (Å²) in [6, 6.07) is 4.09. The summed E-state index contributed by atoms with van der Waals surface area (Å²) in [5.74, 6) is 1.36. The molecule has 8 heteroatoms. The van der Waals surface area contributed by atoms with Crippen LogP contribution in [0.25, 0.3) is 0 Å². The monoisotopic (exact) mass is 522 g/mol. The molecule has 1 N–H and O–H groups in total. The van der Waals surface area contributed by atoms with E-state index in [1.165, 1.54) is 5.69 Å². The van der Waals surface area contributed by atoms with Gasteiger partial charge in [0.2, 0.25) is 0 Å². The average molecular weight is 523 g/mol. The molecule has 0 fully saturated rings. The van der Waals surface area contributed by atoms with Crippen LogP contribution >= 0.6 is 39.9 Å². The van der Waals surface area contributed by atoms with Crippen LogP contribution in [0.4, 0.5) is 0 Å². The molecule has 0 aliphatic rings. The third kappa shape index (κ3) is 7.01. The van der Waals surface area contributed by atoms with Crippen LogP contribution in [0.1, 0.15) is 19.5 Å². The van der Waals surface area contributed by atoms with Crippen LogP contribution in [0.2, 0.25) is 0 Å². The Labute approximate surface area is 175 Å². The van der Waals surface area contributed by atoms with E-state index in [-0.39, 0.29) is 24.0 Å². The van der Waals surface area contributed by atoms with E-state index in [1.54, 1.807) is 0 Å². The van der Waals surface area contributed by atoms with E-state index < -0.39 is 0 Å². The quantitative estimate of drug-likeness (QED) is 0.345. The van der Waals surface area contributed by atoms with Gasteiger partial charge in [-0.05, 0) is 40.9 Å². The van der Waals surface area contributed by atoms with Crippen molar-refractivity contribution in [2.24, 2.45) is 18.0 Å². The van der Waals surface area contributed by atoms with Crippen molar-refractivity contribution >= 4 is 45.9 Å². The van der Waals surface area contributed by atoms with Crippen LogP contribution < -0.4 is 5.32 Å². The van der Waals surface area contributed by atoms with E-state index in [1.807, 2.05) is 23.1 Å². The molecule has 1 atom stereocenters. The Bertz CT molecular complexity index is 652. The summed E-state index contributed by atoms with van der Waals surface area (Å²) < 4.78 is 5.19. The highest BCUT2D eigenvalue weighted by Gasteiger charge is 2.10. The summed E-state index contributed by atoms with van der Waals surface area (Å²) in [4.78, 5) is 6.95. The van der Waals surface area contributed by atoms with Crippen LogP contribution in [0.3, 0.4) is 0 Å². The van der Waals surface area contributed by atoms with Gasteiger partial charge in [0.25, 0.3) is 0 Å². The molecule has 0 aliphatic heterocycles. The minimum Gasteiger partial charge on any atom is -0.357 e. The van der Waals surface area contributed by atoms with Gasteiger partial charge < -0.3 is 14.8 Å². The second-order valence-corrected chi connectivity index (χ2v) is 7.06. The maximum atomic E-state index is 4.80. The molecule has 2 aromatic heterocycles. The highest BCUT2D eigenvalue weighted by molar-refractivity contribution is 14.0. The van der Waals surface area contributed by atoms with Crippen molar-refractivity contribution in [2.75, 3.05) is 20.1 Å². The number of hydrogen-bond acceptors (Lipinski definition) is 2. The first-order valence-electron chi connectivity index (χ1n) is 8.27. The number of nitrogens with one attached hydrogen (secondary N) is 1. The van der Waals surface area contributed by atoms with Crippen LogP contribution in [0.15, 0.2) is 40.2 Å². The van der Waals surface area contributed by atoms with Crippen molar-refractivity contribution in [3.8, 4) is 0 Å². The maximum absolute atomic E-state index is 4.80. The smallest absolute Gasteiger partial charge is 0.194 e. The molecule has 0 bridgehead atoms. The zero-order chi connectivity index (χ0) is 17.5. The molecule has 1 unspecified atom stereocenters. The van der Waals surface area contributed by atoms with Gasteiger partial charge in [0.1, 0.15) is 0 Å². The van der Waals surface area contributed by atoms with E-state index in [9.17, 15) is 0 Å². The molecule has 2 aromatic rings. The van der Waals surface area contributed by atoms with Crippen LogP contribution in [-0.2, 0) is 20.1 Å². The summed E-state index contributed by atoms with van der Waals surface area (Å²) in [5.41, 5.74) is 1.24. The predicted octanol–water partition coefficient (Wildman–Crippen LogP) is 3.34. The minimum absolute atomic E-state index is 0. The van der Waals surface area contributed by atoms with Gasteiger partial charge in [0, 0.05) is 62.5 Å².